The Morgan fingerprint density at radius 2 is 2.08 bits per heavy atom. The molecule has 0 N–H and O–H groups in total. The number of hydrogen-bond acceptors (Lipinski definition) is 5. The van der Waals surface area contributed by atoms with E-state index in [9.17, 15) is 4.79 Å². The topological polar surface area (TPSA) is 51.9 Å². The zero-order valence-electron chi connectivity index (χ0n) is 14.0. The van der Waals surface area contributed by atoms with Crippen LogP contribution in [0.5, 0.6) is 5.75 Å². The Hall–Kier alpha value is -1.56. The molecule has 6 heteroatoms. The van der Waals surface area contributed by atoms with Gasteiger partial charge in [-0.05, 0) is 43.7 Å². The van der Waals surface area contributed by atoms with Crippen LogP contribution in [0.25, 0.3) is 11.0 Å². The molecule has 5 nitrogen and oxygen atoms in total. The molecule has 0 spiro atoms. The second-order valence-corrected chi connectivity index (χ2v) is 7.57. The van der Waals surface area contributed by atoms with Crippen molar-refractivity contribution < 1.29 is 13.9 Å². The smallest absolute Gasteiger partial charge is 0.339 e. The minimum Gasteiger partial charge on any atom is -0.476 e. The van der Waals surface area contributed by atoms with Crippen LogP contribution >= 0.6 is 11.6 Å². The molecule has 0 amide bonds. The lowest BCUT2D eigenvalue weighted by atomic mass is 10.0. The van der Waals surface area contributed by atoms with Gasteiger partial charge in [-0.2, -0.15) is 0 Å². The van der Waals surface area contributed by atoms with Crippen LogP contribution < -0.4 is 10.4 Å². The summed E-state index contributed by atoms with van der Waals surface area (Å²) in [4.78, 5) is 14.6. The maximum absolute atomic E-state index is 12.4. The van der Waals surface area contributed by atoms with E-state index in [1.807, 2.05) is 6.07 Å². The predicted molar refractivity (Wildman–Crippen MR) is 94.4 cm³/mol. The van der Waals surface area contributed by atoms with Crippen LogP contribution in [-0.4, -0.2) is 30.9 Å². The van der Waals surface area contributed by atoms with Crippen molar-refractivity contribution in [3.63, 3.8) is 0 Å². The summed E-state index contributed by atoms with van der Waals surface area (Å²) >= 11 is 6.49. The molecular formula is C19H20ClNO4. The number of benzene rings is 1. The molecule has 2 aromatic rings. The van der Waals surface area contributed by atoms with Gasteiger partial charge in [0.25, 0.3) is 0 Å². The second kappa shape index (κ2) is 6.01. The summed E-state index contributed by atoms with van der Waals surface area (Å²) < 4.78 is 17.4. The van der Waals surface area contributed by atoms with Crippen LogP contribution in [-0.2, 0) is 24.1 Å². The van der Waals surface area contributed by atoms with E-state index in [2.05, 4.69) is 4.90 Å². The fourth-order valence-corrected chi connectivity index (χ4v) is 4.62. The summed E-state index contributed by atoms with van der Waals surface area (Å²) in [7, 11) is 0. The third-order valence-electron chi connectivity index (χ3n) is 5.52. The van der Waals surface area contributed by atoms with Crippen molar-refractivity contribution in [3.8, 4) is 5.75 Å². The van der Waals surface area contributed by atoms with Gasteiger partial charge in [0.1, 0.15) is 18.1 Å². The fraction of sp³-hybridized carbons (Fsp3) is 0.526. The summed E-state index contributed by atoms with van der Waals surface area (Å²) in [6.45, 7) is 2.80. The second-order valence-electron chi connectivity index (χ2n) is 7.16. The molecule has 1 atom stereocenters. The van der Waals surface area contributed by atoms with Gasteiger partial charge in [0, 0.05) is 30.6 Å². The Balaban J connectivity index is 1.59. The number of halogens is 1. The summed E-state index contributed by atoms with van der Waals surface area (Å²) in [5.41, 5.74) is 3.24. The summed E-state index contributed by atoms with van der Waals surface area (Å²) in [5, 5.41) is 1.57. The SMILES string of the molecule is O=c1oc2c3c(c(Cl)cc2c2c1CCC2)OCN(CC1CCCO1)C3. The van der Waals surface area contributed by atoms with Crippen molar-refractivity contribution >= 4 is 22.6 Å². The fourth-order valence-electron chi connectivity index (χ4n) is 4.35. The first-order valence-electron chi connectivity index (χ1n) is 8.97. The van der Waals surface area contributed by atoms with Crippen molar-refractivity contribution in [3.05, 3.63) is 38.2 Å². The maximum atomic E-state index is 12.4. The number of ether oxygens (including phenoxy) is 2. The van der Waals surface area contributed by atoms with Gasteiger partial charge in [0.15, 0.2) is 0 Å². The average molecular weight is 362 g/mol. The molecule has 3 heterocycles. The lowest BCUT2D eigenvalue weighted by Crippen LogP contribution is -2.37. The van der Waals surface area contributed by atoms with Crippen LogP contribution in [0.1, 0.15) is 36.0 Å². The van der Waals surface area contributed by atoms with E-state index in [1.54, 1.807) is 0 Å². The first kappa shape index (κ1) is 15.7. The molecule has 1 aliphatic carbocycles. The minimum absolute atomic E-state index is 0.208. The Labute approximate surface area is 150 Å². The monoisotopic (exact) mass is 361 g/mol. The number of fused-ring (bicyclic) bond motifs is 5. The van der Waals surface area contributed by atoms with Crippen LogP contribution in [0.2, 0.25) is 5.02 Å². The Morgan fingerprint density at radius 3 is 2.92 bits per heavy atom. The van der Waals surface area contributed by atoms with Gasteiger partial charge >= 0.3 is 5.63 Å². The molecule has 5 rings (SSSR count). The van der Waals surface area contributed by atoms with Crippen molar-refractivity contribution in [2.45, 2.75) is 44.8 Å². The highest BCUT2D eigenvalue weighted by atomic mass is 35.5. The molecule has 25 heavy (non-hydrogen) atoms. The molecule has 0 saturated carbocycles. The van der Waals surface area contributed by atoms with E-state index in [1.165, 1.54) is 0 Å². The van der Waals surface area contributed by atoms with E-state index in [0.717, 1.165) is 67.3 Å². The van der Waals surface area contributed by atoms with E-state index in [-0.39, 0.29) is 11.7 Å². The third-order valence-corrected chi connectivity index (χ3v) is 5.80. The molecule has 3 aliphatic rings. The largest absolute Gasteiger partial charge is 0.476 e. The molecule has 0 bridgehead atoms. The average Bonchev–Trinajstić information content (AvgIpc) is 3.28. The van der Waals surface area contributed by atoms with E-state index >= 15 is 0 Å². The van der Waals surface area contributed by atoms with Gasteiger partial charge < -0.3 is 13.9 Å². The highest BCUT2D eigenvalue weighted by Crippen LogP contribution is 2.41. The Morgan fingerprint density at radius 1 is 1.20 bits per heavy atom. The van der Waals surface area contributed by atoms with Gasteiger partial charge in [0.05, 0.1) is 16.7 Å². The summed E-state index contributed by atoms with van der Waals surface area (Å²) in [6.07, 6.45) is 5.16. The molecule has 2 aliphatic heterocycles. The lowest BCUT2D eigenvalue weighted by molar-refractivity contribution is 0.0281. The molecule has 1 saturated heterocycles. The molecule has 1 aromatic heterocycles. The number of hydrogen-bond donors (Lipinski definition) is 0. The molecule has 1 unspecified atom stereocenters. The van der Waals surface area contributed by atoms with Crippen LogP contribution in [0.3, 0.4) is 0 Å². The number of nitrogens with zero attached hydrogens (tertiary/aromatic N) is 1. The van der Waals surface area contributed by atoms with Gasteiger partial charge in [-0.25, -0.2) is 4.79 Å². The number of aryl methyl sites for hydroxylation is 1. The van der Waals surface area contributed by atoms with Crippen molar-refractivity contribution in [1.29, 1.82) is 0 Å². The van der Waals surface area contributed by atoms with Gasteiger partial charge in [-0.15, -0.1) is 0 Å². The Kier molecular flexibility index (Phi) is 3.77. The first-order chi connectivity index (χ1) is 12.2. The van der Waals surface area contributed by atoms with Crippen LogP contribution in [0, 0.1) is 0 Å². The van der Waals surface area contributed by atoms with Crippen LogP contribution in [0.4, 0.5) is 0 Å². The molecule has 0 radical (unpaired) electrons. The normalized spacial score (nSPS) is 22.8. The number of rotatable bonds is 2. The molecule has 1 aromatic carbocycles. The molecular weight excluding hydrogens is 342 g/mol. The lowest BCUT2D eigenvalue weighted by Gasteiger charge is -2.31. The van der Waals surface area contributed by atoms with Gasteiger partial charge in [-0.1, -0.05) is 11.6 Å². The quantitative estimate of drug-likeness (QED) is 0.768. The molecule has 132 valence electrons. The van der Waals surface area contributed by atoms with E-state index in [0.29, 0.717) is 29.6 Å². The van der Waals surface area contributed by atoms with Crippen LogP contribution in [0.15, 0.2) is 15.3 Å². The van der Waals surface area contributed by atoms with Gasteiger partial charge in [-0.3, -0.25) is 4.90 Å². The Bertz CT molecular complexity index is 901. The zero-order chi connectivity index (χ0) is 17.0. The molecule has 1 fully saturated rings. The zero-order valence-corrected chi connectivity index (χ0v) is 14.7. The summed E-state index contributed by atoms with van der Waals surface area (Å²) in [6, 6.07) is 1.90. The van der Waals surface area contributed by atoms with Gasteiger partial charge in [0.2, 0.25) is 0 Å². The highest BCUT2D eigenvalue weighted by molar-refractivity contribution is 6.33. The first-order valence-corrected chi connectivity index (χ1v) is 9.35. The third kappa shape index (κ3) is 2.57. The van der Waals surface area contributed by atoms with Crippen molar-refractivity contribution in [2.24, 2.45) is 0 Å². The standard InChI is InChI=1S/C19H20ClNO4/c20-16-7-14-12-4-1-5-13(12)19(22)25-17(14)15-9-21(10-24-18(15)16)8-11-3-2-6-23-11/h7,11H,1-6,8-10H2. The van der Waals surface area contributed by atoms with Crippen molar-refractivity contribution in [2.75, 3.05) is 19.9 Å². The predicted octanol–water partition coefficient (Wildman–Crippen LogP) is 3.27. The van der Waals surface area contributed by atoms with E-state index < -0.39 is 0 Å². The minimum atomic E-state index is -0.208. The summed E-state index contributed by atoms with van der Waals surface area (Å²) in [5.74, 6) is 0.652. The maximum Gasteiger partial charge on any atom is 0.339 e. The van der Waals surface area contributed by atoms with Crippen molar-refractivity contribution in [1.82, 2.24) is 4.90 Å². The van der Waals surface area contributed by atoms with E-state index in [4.69, 9.17) is 25.5 Å². The highest BCUT2D eigenvalue weighted by Gasteiger charge is 2.29.